The van der Waals surface area contributed by atoms with E-state index < -0.39 is 0 Å². The van der Waals surface area contributed by atoms with Crippen molar-refractivity contribution in [3.8, 4) is 17.2 Å². The molecule has 0 bridgehead atoms. The van der Waals surface area contributed by atoms with Crippen molar-refractivity contribution < 1.29 is 0 Å². The van der Waals surface area contributed by atoms with Gasteiger partial charge in [-0.05, 0) is 35.1 Å². The van der Waals surface area contributed by atoms with Crippen LogP contribution < -0.4 is 5.56 Å². The zero-order chi connectivity index (χ0) is 19.4. The van der Waals surface area contributed by atoms with Crippen molar-refractivity contribution in [2.75, 3.05) is 0 Å². The summed E-state index contributed by atoms with van der Waals surface area (Å²) in [7, 11) is 1.72. The lowest BCUT2D eigenvalue weighted by Crippen LogP contribution is -2.25. The summed E-state index contributed by atoms with van der Waals surface area (Å²) < 4.78 is 1.52. The van der Waals surface area contributed by atoms with E-state index in [2.05, 4.69) is 24.9 Å². The highest BCUT2D eigenvalue weighted by Crippen LogP contribution is 2.26. The molecule has 0 saturated carbocycles. The molecule has 4 nitrogen and oxygen atoms in total. The number of benzene rings is 2. The Morgan fingerprint density at radius 2 is 1.93 bits per heavy atom. The summed E-state index contributed by atoms with van der Waals surface area (Å²) in [5.41, 5.74) is 5.02. The van der Waals surface area contributed by atoms with Gasteiger partial charge in [-0.2, -0.15) is 5.26 Å². The molecular formula is C23H23N3O. The largest absolute Gasteiger partial charge is 0.302 e. The predicted octanol–water partition coefficient (Wildman–Crippen LogP) is 4.42. The van der Waals surface area contributed by atoms with Crippen LogP contribution in [0.1, 0.15) is 48.6 Å². The van der Waals surface area contributed by atoms with Gasteiger partial charge >= 0.3 is 0 Å². The minimum absolute atomic E-state index is 0.0223. The van der Waals surface area contributed by atoms with E-state index in [0.717, 1.165) is 28.8 Å². The maximum atomic E-state index is 12.7. The second-order valence-electron chi connectivity index (χ2n) is 6.87. The van der Waals surface area contributed by atoms with E-state index in [9.17, 15) is 10.1 Å². The molecule has 27 heavy (non-hydrogen) atoms. The van der Waals surface area contributed by atoms with Crippen molar-refractivity contribution in [1.82, 2.24) is 9.55 Å². The van der Waals surface area contributed by atoms with Crippen molar-refractivity contribution in [2.45, 2.75) is 32.6 Å². The Balaban J connectivity index is 2.04. The third kappa shape index (κ3) is 3.83. The SMILES string of the molecule is CCC(C)c1ncn(C)c(=O)c1Cc1ccc(-c2ccccc2)c(C#N)c1. The molecule has 1 atom stereocenters. The average molecular weight is 357 g/mol. The first-order valence-corrected chi connectivity index (χ1v) is 9.18. The molecule has 0 amide bonds. The van der Waals surface area contributed by atoms with Gasteiger partial charge in [0, 0.05) is 19.0 Å². The van der Waals surface area contributed by atoms with Crippen molar-refractivity contribution in [1.29, 1.82) is 5.26 Å². The predicted molar refractivity (Wildman–Crippen MR) is 108 cm³/mol. The number of nitriles is 1. The fourth-order valence-corrected chi connectivity index (χ4v) is 3.25. The number of rotatable bonds is 5. The Hall–Kier alpha value is -3.19. The molecule has 3 aromatic rings. The number of aromatic nitrogens is 2. The normalized spacial score (nSPS) is 11.8. The standard InChI is InChI=1S/C23H23N3O/c1-4-16(2)22-21(23(27)26(3)15-25-22)13-17-10-11-20(19(12-17)14-24)18-8-6-5-7-9-18/h5-12,15-16H,4,13H2,1-3H3. The maximum Gasteiger partial charge on any atom is 0.256 e. The minimum Gasteiger partial charge on any atom is -0.302 e. The van der Waals surface area contributed by atoms with Crippen LogP contribution >= 0.6 is 0 Å². The number of hydrogen-bond donors (Lipinski definition) is 0. The molecule has 2 aromatic carbocycles. The first-order chi connectivity index (χ1) is 13.0. The van der Waals surface area contributed by atoms with E-state index in [1.54, 1.807) is 13.4 Å². The Bertz CT molecular complexity index is 1050. The summed E-state index contributed by atoms with van der Waals surface area (Å²) in [6, 6.07) is 18.0. The third-order valence-corrected chi connectivity index (χ3v) is 5.01. The van der Waals surface area contributed by atoms with Crippen molar-refractivity contribution >= 4 is 0 Å². The van der Waals surface area contributed by atoms with E-state index in [-0.39, 0.29) is 11.5 Å². The fourth-order valence-electron chi connectivity index (χ4n) is 3.25. The highest BCUT2D eigenvalue weighted by molar-refractivity contribution is 5.71. The van der Waals surface area contributed by atoms with Crippen molar-refractivity contribution in [3.63, 3.8) is 0 Å². The smallest absolute Gasteiger partial charge is 0.256 e. The van der Waals surface area contributed by atoms with Gasteiger partial charge < -0.3 is 4.57 Å². The van der Waals surface area contributed by atoms with Gasteiger partial charge in [-0.3, -0.25) is 4.79 Å². The Labute approximate surface area is 159 Å². The molecule has 0 saturated heterocycles. The second-order valence-corrected chi connectivity index (χ2v) is 6.87. The molecule has 1 aromatic heterocycles. The maximum absolute atomic E-state index is 12.7. The van der Waals surface area contributed by atoms with Crippen molar-refractivity contribution in [2.24, 2.45) is 7.05 Å². The molecule has 1 heterocycles. The molecule has 0 fully saturated rings. The summed E-state index contributed by atoms with van der Waals surface area (Å²) in [5, 5.41) is 9.62. The molecule has 1 unspecified atom stereocenters. The molecule has 4 heteroatoms. The van der Waals surface area contributed by atoms with Gasteiger partial charge in [-0.25, -0.2) is 4.98 Å². The molecule has 0 N–H and O–H groups in total. The molecule has 0 aliphatic heterocycles. The van der Waals surface area contributed by atoms with E-state index in [1.807, 2.05) is 48.5 Å². The lowest BCUT2D eigenvalue weighted by molar-refractivity contribution is 0.670. The quantitative estimate of drug-likeness (QED) is 0.679. The van der Waals surface area contributed by atoms with E-state index in [0.29, 0.717) is 17.5 Å². The second kappa shape index (κ2) is 8.01. The lowest BCUT2D eigenvalue weighted by Gasteiger charge is -2.15. The number of hydrogen-bond acceptors (Lipinski definition) is 3. The molecule has 0 radical (unpaired) electrons. The minimum atomic E-state index is -0.0223. The monoisotopic (exact) mass is 357 g/mol. The highest BCUT2D eigenvalue weighted by Gasteiger charge is 2.16. The van der Waals surface area contributed by atoms with E-state index in [1.165, 1.54) is 4.57 Å². The Kier molecular flexibility index (Phi) is 5.52. The highest BCUT2D eigenvalue weighted by atomic mass is 16.1. The van der Waals surface area contributed by atoms with Crippen LogP contribution in [0.2, 0.25) is 0 Å². The van der Waals surface area contributed by atoms with E-state index in [4.69, 9.17) is 0 Å². The van der Waals surface area contributed by atoms with Gasteiger partial charge in [-0.1, -0.05) is 56.3 Å². The molecule has 0 aliphatic carbocycles. The topological polar surface area (TPSA) is 58.7 Å². The van der Waals surface area contributed by atoms with E-state index >= 15 is 0 Å². The van der Waals surface area contributed by atoms with Crippen LogP contribution in [-0.2, 0) is 13.5 Å². The molecule has 3 rings (SSSR count). The van der Waals surface area contributed by atoms with Gasteiger partial charge in [0.15, 0.2) is 0 Å². The molecular weight excluding hydrogens is 334 g/mol. The first-order valence-electron chi connectivity index (χ1n) is 9.18. The van der Waals surface area contributed by atoms with Crippen LogP contribution in [0.25, 0.3) is 11.1 Å². The van der Waals surface area contributed by atoms with Gasteiger partial charge in [0.1, 0.15) is 0 Å². The summed E-state index contributed by atoms with van der Waals surface area (Å²) in [4.78, 5) is 17.2. The molecule has 0 spiro atoms. The van der Waals surface area contributed by atoms with Crippen LogP contribution in [0, 0.1) is 11.3 Å². The van der Waals surface area contributed by atoms with Crippen LogP contribution in [0.15, 0.2) is 59.7 Å². The summed E-state index contributed by atoms with van der Waals surface area (Å²) in [5.74, 6) is 0.216. The summed E-state index contributed by atoms with van der Waals surface area (Å²) >= 11 is 0. The average Bonchev–Trinajstić information content (AvgIpc) is 2.71. The van der Waals surface area contributed by atoms with Crippen LogP contribution in [0.5, 0.6) is 0 Å². The molecule has 136 valence electrons. The summed E-state index contributed by atoms with van der Waals surface area (Å²) in [6.45, 7) is 4.18. The Morgan fingerprint density at radius 1 is 1.19 bits per heavy atom. The fraction of sp³-hybridized carbons (Fsp3) is 0.261. The molecule has 0 aliphatic rings. The van der Waals surface area contributed by atoms with Gasteiger partial charge in [-0.15, -0.1) is 0 Å². The zero-order valence-corrected chi connectivity index (χ0v) is 15.9. The van der Waals surface area contributed by atoms with Crippen molar-refractivity contribution in [3.05, 3.63) is 87.6 Å². The van der Waals surface area contributed by atoms with Crippen LogP contribution in [0.4, 0.5) is 0 Å². The zero-order valence-electron chi connectivity index (χ0n) is 15.9. The number of nitrogens with zero attached hydrogens (tertiary/aromatic N) is 3. The Morgan fingerprint density at radius 3 is 2.59 bits per heavy atom. The van der Waals surface area contributed by atoms with Crippen LogP contribution in [0.3, 0.4) is 0 Å². The van der Waals surface area contributed by atoms with Crippen LogP contribution in [-0.4, -0.2) is 9.55 Å². The first kappa shape index (κ1) is 18.6. The van der Waals surface area contributed by atoms with Gasteiger partial charge in [0.05, 0.1) is 23.7 Å². The summed E-state index contributed by atoms with van der Waals surface area (Å²) in [6.07, 6.45) is 2.99. The van der Waals surface area contributed by atoms with Gasteiger partial charge in [0.2, 0.25) is 0 Å². The van der Waals surface area contributed by atoms with Gasteiger partial charge in [0.25, 0.3) is 5.56 Å². The number of aryl methyl sites for hydroxylation is 1. The lowest BCUT2D eigenvalue weighted by atomic mass is 9.93. The third-order valence-electron chi connectivity index (χ3n) is 5.01.